The van der Waals surface area contributed by atoms with Crippen molar-refractivity contribution in [1.29, 1.82) is 0 Å². The van der Waals surface area contributed by atoms with Gasteiger partial charge in [0, 0.05) is 24.4 Å². The average molecular weight is 409 g/mol. The van der Waals surface area contributed by atoms with E-state index in [0.717, 1.165) is 16.3 Å². The number of hydrazone groups is 1. The first-order chi connectivity index (χ1) is 13.9. The van der Waals surface area contributed by atoms with Gasteiger partial charge >= 0.3 is 5.97 Å². The first-order valence-electron chi connectivity index (χ1n) is 8.95. The predicted octanol–water partition coefficient (Wildman–Crippen LogP) is 4.66. The normalized spacial score (nSPS) is 15.8. The van der Waals surface area contributed by atoms with Crippen LogP contribution in [0.25, 0.3) is 10.8 Å². The van der Waals surface area contributed by atoms with Crippen LogP contribution in [0.5, 0.6) is 5.75 Å². The van der Waals surface area contributed by atoms with E-state index in [-0.39, 0.29) is 11.8 Å². The Morgan fingerprint density at radius 3 is 2.45 bits per heavy atom. The first kappa shape index (κ1) is 19.0. The van der Waals surface area contributed by atoms with Crippen molar-refractivity contribution in [3.8, 4) is 5.75 Å². The van der Waals surface area contributed by atoms with E-state index in [0.29, 0.717) is 16.3 Å². The van der Waals surface area contributed by atoms with E-state index in [1.807, 2.05) is 30.3 Å². The fourth-order valence-electron chi connectivity index (χ4n) is 3.22. The van der Waals surface area contributed by atoms with Gasteiger partial charge in [-0.1, -0.05) is 54.1 Å². The van der Waals surface area contributed by atoms with E-state index in [4.69, 9.17) is 21.1 Å². The molecule has 0 N–H and O–H groups in total. The summed E-state index contributed by atoms with van der Waals surface area (Å²) in [5.74, 6) is -0.226. The number of esters is 1. The number of nitrogens with zero attached hydrogens (tertiary/aromatic N) is 2. The Kier molecular flexibility index (Phi) is 4.94. The smallest absolute Gasteiger partial charge is 0.308 e. The Balaban J connectivity index is 1.84. The van der Waals surface area contributed by atoms with Crippen LogP contribution in [0.4, 0.5) is 0 Å². The summed E-state index contributed by atoms with van der Waals surface area (Å²) in [7, 11) is 0. The predicted molar refractivity (Wildman–Crippen MR) is 110 cm³/mol. The third kappa shape index (κ3) is 3.67. The Hall–Kier alpha value is -3.38. The highest BCUT2D eigenvalue weighted by Gasteiger charge is 2.35. The first-order valence-corrected chi connectivity index (χ1v) is 9.33. The molecular formula is C22H17ClN2O4. The van der Waals surface area contributed by atoms with Crippen molar-refractivity contribution in [3.63, 3.8) is 0 Å². The van der Waals surface area contributed by atoms with E-state index >= 15 is 0 Å². The molecule has 0 bridgehead atoms. The molecule has 0 spiro atoms. The zero-order valence-electron chi connectivity index (χ0n) is 15.8. The molecule has 4 rings (SSSR count). The van der Waals surface area contributed by atoms with Gasteiger partial charge in [0.05, 0.1) is 5.56 Å². The maximum atomic E-state index is 12.2. The average Bonchev–Trinajstić information content (AvgIpc) is 3.13. The summed E-state index contributed by atoms with van der Waals surface area (Å²) < 4.78 is 11.5. The molecule has 0 radical (unpaired) electrons. The highest BCUT2D eigenvalue weighted by Crippen LogP contribution is 2.36. The number of hydrogen-bond acceptors (Lipinski definition) is 5. The Labute approximate surface area is 172 Å². The lowest BCUT2D eigenvalue weighted by molar-refractivity contribution is -0.135. The van der Waals surface area contributed by atoms with Gasteiger partial charge in [0.25, 0.3) is 0 Å². The lowest BCUT2D eigenvalue weighted by atomic mass is 10.0. The molecule has 0 fully saturated rings. The monoisotopic (exact) mass is 408 g/mol. The van der Waals surface area contributed by atoms with Crippen LogP contribution in [0.3, 0.4) is 0 Å². The summed E-state index contributed by atoms with van der Waals surface area (Å²) in [5.41, 5.74) is 1.23. The number of fused-ring (bicyclic) bond motifs is 1. The van der Waals surface area contributed by atoms with Crippen molar-refractivity contribution < 1.29 is 19.1 Å². The fraction of sp³-hybridized carbons (Fsp3) is 0.136. The highest BCUT2D eigenvalue weighted by molar-refractivity contribution is 6.30. The standard InChI is InChI=1S/C22H17ClN2O4/c1-13(26)25-22(16-7-10-17(23)11-8-16)29-21(24-25)20-18-6-4-3-5-15(18)9-12-19(20)28-14(2)27/h3-12,22H,1-2H3/t22-/m0/s1. The van der Waals surface area contributed by atoms with Crippen molar-refractivity contribution >= 4 is 40.1 Å². The van der Waals surface area contributed by atoms with Gasteiger partial charge in [-0.2, -0.15) is 5.01 Å². The van der Waals surface area contributed by atoms with Gasteiger partial charge in [0.15, 0.2) is 0 Å². The van der Waals surface area contributed by atoms with Crippen LogP contribution >= 0.6 is 11.6 Å². The maximum absolute atomic E-state index is 12.2. The third-order valence-electron chi connectivity index (χ3n) is 4.48. The number of benzene rings is 3. The number of ether oxygens (including phenoxy) is 2. The summed E-state index contributed by atoms with van der Waals surface area (Å²) in [6.07, 6.45) is -0.746. The number of amides is 1. The molecule has 3 aromatic rings. The second-order valence-corrected chi connectivity index (χ2v) is 6.98. The second kappa shape index (κ2) is 7.56. The largest absolute Gasteiger partial charge is 0.446 e. The molecule has 0 aliphatic carbocycles. The zero-order valence-corrected chi connectivity index (χ0v) is 16.5. The number of carbonyl (C=O) groups is 2. The number of halogens is 1. The van der Waals surface area contributed by atoms with Gasteiger partial charge in [-0.05, 0) is 29.0 Å². The van der Waals surface area contributed by atoms with Crippen molar-refractivity contribution in [1.82, 2.24) is 5.01 Å². The lowest BCUT2D eigenvalue weighted by Crippen LogP contribution is -2.25. The Morgan fingerprint density at radius 1 is 1.03 bits per heavy atom. The summed E-state index contributed by atoms with van der Waals surface area (Å²) in [5, 5.41) is 7.97. The van der Waals surface area contributed by atoms with Gasteiger partial charge in [-0.25, -0.2) is 0 Å². The van der Waals surface area contributed by atoms with Crippen LogP contribution in [0.2, 0.25) is 5.02 Å². The molecule has 6 nitrogen and oxygen atoms in total. The van der Waals surface area contributed by atoms with Gasteiger partial charge < -0.3 is 9.47 Å². The van der Waals surface area contributed by atoms with Crippen LogP contribution in [0.15, 0.2) is 65.8 Å². The zero-order chi connectivity index (χ0) is 20.5. The van der Waals surface area contributed by atoms with Crippen LogP contribution in [0.1, 0.15) is 31.2 Å². The van der Waals surface area contributed by atoms with Gasteiger partial charge in [-0.15, -0.1) is 5.10 Å². The minimum Gasteiger partial charge on any atom is -0.446 e. The van der Waals surface area contributed by atoms with Crippen molar-refractivity contribution in [2.75, 3.05) is 0 Å². The van der Waals surface area contributed by atoms with Crippen molar-refractivity contribution in [2.45, 2.75) is 20.1 Å². The summed E-state index contributed by atoms with van der Waals surface area (Å²) in [4.78, 5) is 23.9. The Bertz CT molecular complexity index is 1140. The van der Waals surface area contributed by atoms with Crippen molar-refractivity contribution in [2.24, 2.45) is 5.10 Å². The van der Waals surface area contributed by atoms with Crippen LogP contribution in [-0.2, 0) is 14.3 Å². The number of carbonyl (C=O) groups excluding carboxylic acids is 2. The quantitative estimate of drug-likeness (QED) is 0.467. The summed E-state index contributed by atoms with van der Waals surface area (Å²) >= 11 is 5.98. The number of rotatable bonds is 3. The second-order valence-electron chi connectivity index (χ2n) is 6.54. The summed E-state index contributed by atoms with van der Waals surface area (Å²) in [6, 6.07) is 18.1. The van der Waals surface area contributed by atoms with E-state index in [1.165, 1.54) is 18.9 Å². The topological polar surface area (TPSA) is 68.2 Å². The van der Waals surface area contributed by atoms with E-state index in [1.54, 1.807) is 30.3 Å². The Morgan fingerprint density at radius 2 is 1.76 bits per heavy atom. The van der Waals surface area contributed by atoms with Crippen LogP contribution in [-0.4, -0.2) is 22.8 Å². The molecule has 29 heavy (non-hydrogen) atoms. The van der Waals surface area contributed by atoms with E-state index in [2.05, 4.69) is 5.10 Å². The summed E-state index contributed by atoms with van der Waals surface area (Å²) in [6.45, 7) is 2.74. The SMILES string of the molecule is CC(=O)Oc1ccc2ccccc2c1C1=NN(C(C)=O)[C@H](c2ccc(Cl)cc2)O1. The lowest BCUT2D eigenvalue weighted by Gasteiger charge is -2.19. The molecule has 1 atom stereocenters. The molecule has 1 aliphatic heterocycles. The van der Waals surface area contributed by atoms with E-state index in [9.17, 15) is 9.59 Å². The minimum absolute atomic E-state index is 0.202. The van der Waals surface area contributed by atoms with Gasteiger partial charge in [0.1, 0.15) is 5.75 Å². The van der Waals surface area contributed by atoms with Crippen LogP contribution in [0, 0.1) is 0 Å². The molecule has 7 heteroatoms. The molecular weight excluding hydrogens is 392 g/mol. The highest BCUT2D eigenvalue weighted by atomic mass is 35.5. The molecule has 0 aromatic heterocycles. The molecule has 0 saturated carbocycles. The maximum Gasteiger partial charge on any atom is 0.308 e. The molecule has 3 aromatic carbocycles. The van der Waals surface area contributed by atoms with Crippen molar-refractivity contribution in [3.05, 3.63) is 76.8 Å². The minimum atomic E-state index is -0.746. The molecule has 0 unspecified atom stereocenters. The fourth-order valence-corrected chi connectivity index (χ4v) is 3.35. The molecule has 1 aliphatic rings. The van der Waals surface area contributed by atoms with E-state index < -0.39 is 12.2 Å². The number of hydrogen-bond donors (Lipinski definition) is 0. The third-order valence-corrected chi connectivity index (χ3v) is 4.73. The molecule has 1 heterocycles. The molecule has 146 valence electrons. The van der Waals surface area contributed by atoms with Crippen LogP contribution < -0.4 is 4.74 Å². The van der Waals surface area contributed by atoms with Gasteiger partial charge in [0.2, 0.25) is 18.0 Å². The molecule has 0 saturated heterocycles. The van der Waals surface area contributed by atoms with Gasteiger partial charge in [-0.3, -0.25) is 9.59 Å². The molecule has 1 amide bonds.